The molecule has 0 aliphatic heterocycles. The molecule has 0 heterocycles. The average molecular weight is 351 g/mol. The molecule has 0 saturated heterocycles. The van der Waals surface area contributed by atoms with E-state index in [1.165, 1.54) is 4.90 Å². The van der Waals surface area contributed by atoms with E-state index in [2.05, 4.69) is 10.6 Å². The highest BCUT2D eigenvalue weighted by Crippen LogP contribution is 2.19. The second kappa shape index (κ2) is 9.39. The first-order chi connectivity index (χ1) is 11.7. The van der Waals surface area contributed by atoms with Crippen LogP contribution in [0.3, 0.4) is 0 Å². The first kappa shape index (κ1) is 20.9. The molecule has 25 heavy (non-hydrogen) atoms. The number of aromatic hydroxyl groups is 1. The molecule has 4 N–H and O–H groups in total. The van der Waals surface area contributed by atoms with Crippen LogP contribution in [-0.4, -0.2) is 59.8 Å². The number of carbonyl (C=O) groups excluding carboxylic acids is 2. The second-order valence-electron chi connectivity index (χ2n) is 6.50. The van der Waals surface area contributed by atoms with Crippen LogP contribution in [0.5, 0.6) is 5.75 Å². The second-order valence-corrected chi connectivity index (χ2v) is 6.50. The topological polar surface area (TPSA) is 102 Å². The summed E-state index contributed by atoms with van der Waals surface area (Å²) in [5.41, 5.74) is 1.52. The number of hydrogen-bond acceptors (Lipinski definition) is 5. The standard InChI is InChI=1S/C18H29N3O4/c1-11(2)16(19-4)18(25)21(5)14(17(24)20-10-22)9-13-6-7-15(23)12(3)8-13/h6-8,11,14,16,19,22-23H,9-10H2,1-5H3,(H,20,24)/t14-,16-/m0/s1. The molecule has 2 amide bonds. The number of likely N-dealkylation sites (N-methyl/N-ethyl adjacent to an activating group) is 2. The Morgan fingerprint density at radius 3 is 2.40 bits per heavy atom. The van der Waals surface area contributed by atoms with Gasteiger partial charge >= 0.3 is 0 Å². The van der Waals surface area contributed by atoms with Crippen molar-refractivity contribution < 1.29 is 19.8 Å². The van der Waals surface area contributed by atoms with E-state index in [-0.39, 0.29) is 24.0 Å². The third-order valence-corrected chi connectivity index (χ3v) is 4.31. The first-order valence-corrected chi connectivity index (χ1v) is 8.33. The van der Waals surface area contributed by atoms with Gasteiger partial charge in [0.05, 0.1) is 6.04 Å². The number of nitrogens with one attached hydrogen (secondary N) is 2. The molecular formula is C18H29N3O4. The van der Waals surface area contributed by atoms with Crippen molar-refractivity contribution in [2.24, 2.45) is 5.92 Å². The number of aliphatic hydroxyl groups is 1. The van der Waals surface area contributed by atoms with Gasteiger partial charge in [0.2, 0.25) is 11.8 Å². The zero-order valence-electron chi connectivity index (χ0n) is 15.5. The smallest absolute Gasteiger partial charge is 0.244 e. The lowest BCUT2D eigenvalue weighted by Crippen LogP contribution is -2.55. The van der Waals surface area contributed by atoms with Crippen molar-refractivity contribution in [3.8, 4) is 5.75 Å². The van der Waals surface area contributed by atoms with Crippen LogP contribution in [0.25, 0.3) is 0 Å². The van der Waals surface area contributed by atoms with Gasteiger partial charge in [-0.3, -0.25) is 9.59 Å². The Kier molecular flexibility index (Phi) is 7.86. The summed E-state index contributed by atoms with van der Waals surface area (Å²) in [5, 5.41) is 24.0. The predicted molar refractivity (Wildman–Crippen MR) is 96.0 cm³/mol. The van der Waals surface area contributed by atoms with Crippen molar-refractivity contribution in [2.75, 3.05) is 20.8 Å². The van der Waals surface area contributed by atoms with Gasteiger partial charge in [-0.25, -0.2) is 0 Å². The molecule has 0 radical (unpaired) electrons. The molecule has 2 atom stereocenters. The Morgan fingerprint density at radius 1 is 1.28 bits per heavy atom. The van der Waals surface area contributed by atoms with E-state index >= 15 is 0 Å². The lowest BCUT2D eigenvalue weighted by molar-refractivity contribution is -0.141. The number of aryl methyl sites for hydroxylation is 1. The van der Waals surface area contributed by atoms with Crippen LogP contribution in [0.4, 0.5) is 0 Å². The summed E-state index contributed by atoms with van der Waals surface area (Å²) in [7, 11) is 3.30. The van der Waals surface area contributed by atoms with Gasteiger partial charge < -0.3 is 25.7 Å². The SMILES string of the molecule is CN[C@H](C(=O)N(C)[C@@H](Cc1ccc(O)c(C)c1)C(=O)NCO)C(C)C. The summed E-state index contributed by atoms with van der Waals surface area (Å²) in [4.78, 5) is 26.6. The van der Waals surface area contributed by atoms with Gasteiger partial charge in [0.25, 0.3) is 0 Å². The monoisotopic (exact) mass is 351 g/mol. The number of hydrogen-bond donors (Lipinski definition) is 4. The van der Waals surface area contributed by atoms with Crippen LogP contribution in [0.15, 0.2) is 18.2 Å². The zero-order chi connectivity index (χ0) is 19.1. The Bertz CT molecular complexity index is 604. The largest absolute Gasteiger partial charge is 0.508 e. The third-order valence-electron chi connectivity index (χ3n) is 4.31. The van der Waals surface area contributed by atoms with E-state index in [0.717, 1.165) is 5.56 Å². The van der Waals surface area contributed by atoms with E-state index < -0.39 is 24.7 Å². The van der Waals surface area contributed by atoms with E-state index in [1.807, 2.05) is 13.8 Å². The lowest BCUT2D eigenvalue weighted by Gasteiger charge is -2.31. The molecule has 1 aromatic rings. The normalized spacial score (nSPS) is 13.4. The molecule has 140 valence electrons. The Labute approximate surface area is 149 Å². The van der Waals surface area contributed by atoms with E-state index in [4.69, 9.17) is 5.11 Å². The molecule has 0 unspecified atom stereocenters. The number of benzene rings is 1. The minimum atomic E-state index is -0.766. The van der Waals surface area contributed by atoms with Crippen molar-refractivity contribution in [1.82, 2.24) is 15.5 Å². The molecule has 0 aliphatic carbocycles. The average Bonchev–Trinajstić information content (AvgIpc) is 2.55. The molecule has 1 aromatic carbocycles. The van der Waals surface area contributed by atoms with E-state index in [1.54, 1.807) is 39.2 Å². The van der Waals surface area contributed by atoms with Crippen LogP contribution in [0.2, 0.25) is 0 Å². The molecule has 1 rings (SSSR count). The summed E-state index contributed by atoms with van der Waals surface area (Å²) in [6.45, 7) is 5.13. The predicted octanol–water partition coefficient (Wildman–Crippen LogP) is 0.380. The molecule has 0 spiro atoms. The van der Waals surface area contributed by atoms with E-state index in [0.29, 0.717) is 5.56 Å². The maximum absolute atomic E-state index is 12.8. The van der Waals surface area contributed by atoms with Gasteiger partial charge in [0.15, 0.2) is 0 Å². The number of amides is 2. The van der Waals surface area contributed by atoms with Crippen molar-refractivity contribution in [1.29, 1.82) is 0 Å². The fourth-order valence-electron chi connectivity index (χ4n) is 2.78. The Balaban J connectivity index is 3.08. The molecule has 0 fully saturated rings. The molecular weight excluding hydrogens is 322 g/mol. The summed E-state index contributed by atoms with van der Waals surface area (Å²) >= 11 is 0. The highest BCUT2D eigenvalue weighted by Gasteiger charge is 2.32. The number of nitrogens with zero attached hydrogens (tertiary/aromatic N) is 1. The quantitative estimate of drug-likeness (QED) is 0.507. The summed E-state index contributed by atoms with van der Waals surface area (Å²) in [6.07, 6.45) is 0.281. The Morgan fingerprint density at radius 2 is 1.92 bits per heavy atom. The number of carbonyl (C=O) groups is 2. The van der Waals surface area contributed by atoms with E-state index in [9.17, 15) is 14.7 Å². The van der Waals surface area contributed by atoms with Crippen molar-refractivity contribution in [3.63, 3.8) is 0 Å². The molecule has 0 bridgehead atoms. The maximum Gasteiger partial charge on any atom is 0.244 e. The van der Waals surface area contributed by atoms with Crippen LogP contribution < -0.4 is 10.6 Å². The van der Waals surface area contributed by atoms with Gasteiger partial charge in [-0.2, -0.15) is 0 Å². The number of aliphatic hydroxyl groups excluding tert-OH is 1. The molecule has 7 nitrogen and oxygen atoms in total. The van der Waals surface area contributed by atoms with Gasteiger partial charge in [-0.1, -0.05) is 26.0 Å². The summed E-state index contributed by atoms with van der Waals surface area (Å²) in [5.74, 6) is -0.370. The third kappa shape index (κ3) is 5.44. The van der Waals surface area contributed by atoms with Crippen molar-refractivity contribution >= 4 is 11.8 Å². The minimum Gasteiger partial charge on any atom is -0.508 e. The number of rotatable bonds is 8. The van der Waals surface area contributed by atoms with Crippen LogP contribution in [-0.2, 0) is 16.0 Å². The van der Waals surface area contributed by atoms with Crippen molar-refractivity contribution in [3.05, 3.63) is 29.3 Å². The first-order valence-electron chi connectivity index (χ1n) is 8.33. The van der Waals surface area contributed by atoms with Crippen LogP contribution in [0.1, 0.15) is 25.0 Å². The summed E-state index contributed by atoms with van der Waals surface area (Å²) < 4.78 is 0. The maximum atomic E-state index is 12.8. The number of phenols is 1. The highest BCUT2D eigenvalue weighted by atomic mass is 16.3. The Hall–Kier alpha value is -2.12. The van der Waals surface area contributed by atoms with Gasteiger partial charge in [0.1, 0.15) is 18.5 Å². The fraction of sp³-hybridized carbons (Fsp3) is 0.556. The molecule has 0 aromatic heterocycles. The van der Waals surface area contributed by atoms with Gasteiger partial charge in [-0.15, -0.1) is 0 Å². The van der Waals surface area contributed by atoms with Crippen molar-refractivity contribution in [2.45, 2.75) is 39.3 Å². The van der Waals surface area contributed by atoms with Crippen LogP contribution >= 0.6 is 0 Å². The van der Waals surface area contributed by atoms with Gasteiger partial charge in [-0.05, 0) is 37.1 Å². The minimum absolute atomic E-state index is 0.0671. The lowest BCUT2D eigenvalue weighted by atomic mass is 9.99. The molecule has 7 heteroatoms. The van der Waals surface area contributed by atoms with Crippen LogP contribution in [0, 0.1) is 12.8 Å². The zero-order valence-corrected chi connectivity index (χ0v) is 15.5. The number of phenolic OH excluding ortho intramolecular Hbond substituents is 1. The summed E-state index contributed by atoms with van der Waals surface area (Å²) in [6, 6.07) is 3.90. The highest BCUT2D eigenvalue weighted by molar-refractivity contribution is 5.90. The van der Waals surface area contributed by atoms with Gasteiger partial charge in [0, 0.05) is 13.5 Å². The molecule has 0 saturated carbocycles. The molecule has 0 aliphatic rings. The fourth-order valence-corrected chi connectivity index (χ4v) is 2.78.